The lowest BCUT2D eigenvalue weighted by atomic mass is 10.3. The summed E-state index contributed by atoms with van der Waals surface area (Å²) in [7, 11) is -3.34. The predicted octanol–water partition coefficient (Wildman–Crippen LogP) is 1.23. The van der Waals surface area contributed by atoms with Gasteiger partial charge in [0.15, 0.2) is 0 Å². The molecule has 1 aliphatic carbocycles. The average Bonchev–Trinajstić information content (AvgIpc) is 3.19. The normalized spacial score (nSPS) is 21.8. The van der Waals surface area contributed by atoms with Gasteiger partial charge in [0.05, 0.1) is 0 Å². The van der Waals surface area contributed by atoms with E-state index in [1.165, 1.54) is 24.2 Å². The highest BCUT2D eigenvalue weighted by Crippen LogP contribution is 2.31. The van der Waals surface area contributed by atoms with E-state index in [1.54, 1.807) is 10.4 Å². The maximum Gasteiger partial charge on any atom is 0.252 e. The Morgan fingerprint density at radius 3 is 2.48 bits per heavy atom. The minimum Gasteiger partial charge on any atom is -0.326 e. The molecule has 118 valence electrons. The van der Waals surface area contributed by atoms with Crippen LogP contribution >= 0.6 is 11.3 Å². The third-order valence-corrected chi connectivity index (χ3v) is 7.93. The van der Waals surface area contributed by atoms with Crippen LogP contribution in [0.5, 0.6) is 0 Å². The Kier molecular flexibility index (Phi) is 4.38. The second-order valence-electron chi connectivity index (χ2n) is 6.02. The zero-order chi connectivity index (χ0) is 15.0. The number of sulfonamides is 1. The molecule has 7 heteroatoms. The summed E-state index contributed by atoms with van der Waals surface area (Å²) in [5, 5.41) is 0. The van der Waals surface area contributed by atoms with E-state index in [4.69, 9.17) is 5.73 Å². The molecule has 21 heavy (non-hydrogen) atoms. The van der Waals surface area contributed by atoms with Crippen LogP contribution in [0, 0.1) is 12.8 Å². The van der Waals surface area contributed by atoms with E-state index in [9.17, 15) is 8.42 Å². The number of hydrogen-bond acceptors (Lipinski definition) is 5. The molecule has 0 amide bonds. The van der Waals surface area contributed by atoms with Gasteiger partial charge in [-0.2, -0.15) is 4.31 Å². The number of aryl methyl sites for hydroxylation is 1. The maximum absolute atomic E-state index is 12.7. The Labute approximate surface area is 130 Å². The van der Waals surface area contributed by atoms with Crippen LogP contribution in [0.2, 0.25) is 0 Å². The summed E-state index contributed by atoms with van der Waals surface area (Å²) >= 11 is 1.31. The van der Waals surface area contributed by atoms with Crippen LogP contribution in [0.4, 0.5) is 0 Å². The van der Waals surface area contributed by atoms with Crippen molar-refractivity contribution in [3.05, 3.63) is 16.5 Å². The van der Waals surface area contributed by atoms with Gasteiger partial charge in [-0.25, -0.2) is 8.42 Å². The average molecular weight is 329 g/mol. The summed E-state index contributed by atoms with van der Waals surface area (Å²) in [6.07, 6.45) is 2.68. The summed E-state index contributed by atoms with van der Waals surface area (Å²) < 4.78 is 27.4. The molecular weight excluding hydrogens is 306 g/mol. The quantitative estimate of drug-likeness (QED) is 0.882. The topological polar surface area (TPSA) is 66.6 Å². The van der Waals surface area contributed by atoms with Crippen molar-refractivity contribution in [1.29, 1.82) is 0 Å². The molecule has 2 aliphatic rings. The molecule has 3 rings (SSSR count). The molecule has 0 aromatic carbocycles. The first kappa shape index (κ1) is 15.4. The Morgan fingerprint density at radius 1 is 1.29 bits per heavy atom. The van der Waals surface area contributed by atoms with E-state index in [-0.39, 0.29) is 0 Å². The molecule has 1 saturated carbocycles. The molecule has 0 unspecified atom stereocenters. The van der Waals surface area contributed by atoms with Gasteiger partial charge in [0.1, 0.15) is 4.21 Å². The lowest BCUT2D eigenvalue weighted by Crippen LogP contribution is -2.48. The maximum atomic E-state index is 12.7. The fourth-order valence-corrected chi connectivity index (χ4v) is 5.81. The highest BCUT2D eigenvalue weighted by molar-refractivity contribution is 7.91. The van der Waals surface area contributed by atoms with Gasteiger partial charge in [-0.3, -0.25) is 0 Å². The second-order valence-corrected chi connectivity index (χ2v) is 9.33. The fourth-order valence-electron chi connectivity index (χ4n) is 2.76. The molecule has 1 saturated heterocycles. The molecule has 0 spiro atoms. The van der Waals surface area contributed by atoms with Crippen LogP contribution in [0.25, 0.3) is 0 Å². The van der Waals surface area contributed by atoms with E-state index in [0.717, 1.165) is 36.0 Å². The van der Waals surface area contributed by atoms with Crippen LogP contribution in [0.1, 0.15) is 23.3 Å². The highest BCUT2D eigenvalue weighted by Gasteiger charge is 2.32. The molecular formula is C14H23N3O2S2. The van der Waals surface area contributed by atoms with Gasteiger partial charge in [-0.15, -0.1) is 11.3 Å². The summed E-state index contributed by atoms with van der Waals surface area (Å²) in [6, 6.07) is 1.76. The van der Waals surface area contributed by atoms with Crippen molar-refractivity contribution in [2.75, 3.05) is 32.7 Å². The summed E-state index contributed by atoms with van der Waals surface area (Å²) in [6.45, 7) is 6.37. The van der Waals surface area contributed by atoms with Crippen LogP contribution in [0.3, 0.4) is 0 Å². The van der Waals surface area contributed by atoms with Crippen molar-refractivity contribution in [3.8, 4) is 0 Å². The van der Waals surface area contributed by atoms with E-state index in [0.29, 0.717) is 23.8 Å². The molecule has 1 aromatic rings. The van der Waals surface area contributed by atoms with E-state index < -0.39 is 10.0 Å². The van der Waals surface area contributed by atoms with E-state index in [1.807, 2.05) is 6.92 Å². The third-order valence-electron chi connectivity index (χ3n) is 4.32. The number of piperazine rings is 1. The van der Waals surface area contributed by atoms with Gasteiger partial charge in [0.2, 0.25) is 0 Å². The summed E-state index contributed by atoms with van der Waals surface area (Å²) in [4.78, 5) is 3.36. The van der Waals surface area contributed by atoms with Gasteiger partial charge >= 0.3 is 0 Å². The highest BCUT2D eigenvalue weighted by atomic mass is 32.2. The minimum atomic E-state index is -3.34. The van der Waals surface area contributed by atoms with Crippen molar-refractivity contribution < 1.29 is 8.42 Å². The van der Waals surface area contributed by atoms with Gasteiger partial charge < -0.3 is 10.6 Å². The Balaban J connectivity index is 1.67. The Bertz CT molecular complexity index is 600. The number of nitrogens with zero attached hydrogens (tertiary/aromatic N) is 2. The molecule has 0 atom stereocenters. The lowest BCUT2D eigenvalue weighted by Gasteiger charge is -2.33. The zero-order valence-electron chi connectivity index (χ0n) is 12.4. The monoisotopic (exact) mass is 329 g/mol. The summed E-state index contributed by atoms with van der Waals surface area (Å²) in [5.41, 5.74) is 6.63. The predicted molar refractivity (Wildman–Crippen MR) is 84.9 cm³/mol. The zero-order valence-corrected chi connectivity index (χ0v) is 14.0. The van der Waals surface area contributed by atoms with Crippen LogP contribution in [-0.4, -0.2) is 50.3 Å². The Morgan fingerprint density at radius 2 is 1.95 bits per heavy atom. The number of rotatable bonds is 5. The molecule has 2 N–H and O–H groups in total. The first-order valence-corrected chi connectivity index (χ1v) is 9.78. The van der Waals surface area contributed by atoms with E-state index >= 15 is 0 Å². The number of nitrogens with two attached hydrogens (primary N) is 1. The molecule has 0 radical (unpaired) electrons. The first-order chi connectivity index (χ1) is 10.0. The SMILES string of the molecule is Cc1cc(S(=O)(=O)N2CCN(CC3CC3)CC2)sc1CN. The first-order valence-electron chi connectivity index (χ1n) is 7.52. The van der Waals surface area contributed by atoms with Gasteiger partial charge in [-0.1, -0.05) is 0 Å². The third kappa shape index (κ3) is 3.32. The molecule has 0 bridgehead atoms. The molecule has 2 heterocycles. The van der Waals surface area contributed by atoms with Crippen LogP contribution < -0.4 is 5.73 Å². The van der Waals surface area contributed by atoms with Gasteiger partial charge in [-0.05, 0) is 37.3 Å². The molecule has 2 fully saturated rings. The van der Waals surface area contributed by atoms with Crippen molar-refractivity contribution in [2.45, 2.75) is 30.5 Å². The largest absolute Gasteiger partial charge is 0.326 e. The van der Waals surface area contributed by atoms with Crippen LogP contribution in [-0.2, 0) is 16.6 Å². The Hall–Kier alpha value is -0.470. The number of hydrogen-bond donors (Lipinski definition) is 1. The molecule has 1 aromatic heterocycles. The van der Waals surface area contributed by atoms with Crippen molar-refractivity contribution in [2.24, 2.45) is 11.7 Å². The van der Waals surface area contributed by atoms with Crippen LogP contribution in [0.15, 0.2) is 10.3 Å². The lowest BCUT2D eigenvalue weighted by molar-refractivity contribution is 0.182. The molecule has 5 nitrogen and oxygen atoms in total. The minimum absolute atomic E-state index is 0.404. The molecule has 1 aliphatic heterocycles. The van der Waals surface area contributed by atoms with Crippen molar-refractivity contribution in [1.82, 2.24) is 9.21 Å². The standard InChI is InChI=1S/C14H23N3O2S2/c1-11-8-14(20-13(11)9-15)21(18,19)17-6-4-16(5-7-17)10-12-2-3-12/h8,12H,2-7,9-10,15H2,1H3. The van der Waals surface area contributed by atoms with Gasteiger partial charge in [0, 0.05) is 44.1 Å². The smallest absolute Gasteiger partial charge is 0.252 e. The number of thiophene rings is 1. The van der Waals surface area contributed by atoms with E-state index in [2.05, 4.69) is 4.90 Å². The van der Waals surface area contributed by atoms with Gasteiger partial charge in [0.25, 0.3) is 10.0 Å². The van der Waals surface area contributed by atoms with Crippen molar-refractivity contribution >= 4 is 21.4 Å². The van der Waals surface area contributed by atoms with Crippen molar-refractivity contribution in [3.63, 3.8) is 0 Å². The summed E-state index contributed by atoms with van der Waals surface area (Å²) in [5.74, 6) is 0.861. The fraction of sp³-hybridized carbons (Fsp3) is 0.714. The second kappa shape index (κ2) is 5.96.